The fourth-order valence-corrected chi connectivity index (χ4v) is 4.08. The lowest BCUT2D eigenvalue weighted by Crippen LogP contribution is -2.37. The van der Waals surface area contributed by atoms with Gasteiger partial charge in [-0.15, -0.1) is 0 Å². The zero-order valence-electron chi connectivity index (χ0n) is 23.2. The molecular formula is C30H37N3O6. The van der Waals surface area contributed by atoms with Crippen LogP contribution in [-0.4, -0.2) is 56.9 Å². The lowest BCUT2D eigenvalue weighted by atomic mass is 9.97. The van der Waals surface area contributed by atoms with E-state index in [9.17, 15) is 19.5 Å². The van der Waals surface area contributed by atoms with Crippen LogP contribution in [0.15, 0.2) is 60.9 Å². The van der Waals surface area contributed by atoms with Crippen LogP contribution >= 0.6 is 0 Å². The summed E-state index contributed by atoms with van der Waals surface area (Å²) in [6, 6.07) is 14.2. The molecule has 0 aliphatic rings. The highest BCUT2D eigenvalue weighted by molar-refractivity contribution is 5.91. The monoisotopic (exact) mass is 535 g/mol. The number of hydrogen-bond acceptors (Lipinski definition) is 6. The summed E-state index contributed by atoms with van der Waals surface area (Å²) in [7, 11) is 1.58. The molecule has 1 amide bonds. The van der Waals surface area contributed by atoms with E-state index in [1.165, 1.54) is 29.3 Å². The standard InChI is InChI=1S/C30H37N3O6/c1-6-7-8-9-21-10-12-23(13-11-21)27(34)38-24-16-14-22(15-17-24)25(26-31-18-19-33(26)28(35)36)20-32(5)29(37)39-30(2,3)4/h10-19,25H,6-9,20H2,1-5H3,(H,35,36). The summed E-state index contributed by atoms with van der Waals surface area (Å²) in [4.78, 5) is 42.7. The minimum atomic E-state index is -1.19. The molecule has 0 saturated heterocycles. The summed E-state index contributed by atoms with van der Waals surface area (Å²) < 4.78 is 12.0. The molecule has 1 atom stereocenters. The first-order chi connectivity index (χ1) is 18.5. The number of esters is 1. The number of imidazole rings is 1. The maximum absolute atomic E-state index is 12.7. The number of hydrogen-bond donors (Lipinski definition) is 1. The van der Waals surface area contributed by atoms with Crippen LogP contribution < -0.4 is 4.74 Å². The third-order valence-corrected chi connectivity index (χ3v) is 6.10. The molecule has 1 unspecified atom stereocenters. The lowest BCUT2D eigenvalue weighted by molar-refractivity contribution is 0.0292. The van der Waals surface area contributed by atoms with Gasteiger partial charge in [0.05, 0.1) is 11.5 Å². The lowest BCUT2D eigenvalue weighted by Gasteiger charge is -2.27. The van der Waals surface area contributed by atoms with Gasteiger partial charge in [0, 0.05) is 26.0 Å². The second kappa shape index (κ2) is 13.1. The largest absolute Gasteiger partial charge is 0.464 e. The van der Waals surface area contributed by atoms with Crippen molar-refractivity contribution >= 4 is 18.2 Å². The highest BCUT2D eigenvalue weighted by Gasteiger charge is 2.27. The van der Waals surface area contributed by atoms with Gasteiger partial charge in [0.15, 0.2) is 0 Å². The smallest absolute Gasteiger partial charge is 0.417 e. The average molecular weight is 536 g/mol. The minimum Gasteiger partial charge on any atom is -0.464 e. The number of unbranched alkanes of at least 4 members (excludes halogenated alkanes) is 2. The van der Waals surface area contributed by atoms with Crippen LogP contribution in [0.5, 0.6) is 5.75 Å². The molecule has 0 spiro atoms. The molecule has 0 saturated carbocycles. The van der Waals surface area contributed by atoms with Crippen LogP contribution in [0.4, 0.5) is 9.59 Å². The van der Waals surface area contributed by atoms with E-state index in [0.717, 1.165) is 23.8 Å². The van der Waals surface area contributed by atoms with Crippen LogP contribution in [0.3, 0.4) is 0 Å². The number of carbonyl (C=O) groups is 3. The molecule has 0 bridgehead atoms. The van der Waals surface area contributed by atoms with Crippen molar-refractivity contribution in [3.63, 3.8) is 0 Å². The molecule has 9 heteroatoms. The maximum Gasteiger partial charge on any atom is 0.417 e. The number of carboxylic acid groups (broad SMARTS) is 1. The number of nitrogens with zero attached hydrogens (tertiary/aromatic N) is 3. The summed E-state index contributed by atoms with van der Waals surface area (Å²) in [5.74, 6) is -0.456. The van der Waals surface area contributed by atoms with Gasteiger partial charge >= 0.3 is 18.2 Å². The fourth-order valence-electron chi connectivity index (χ4n) is 4.08. The molecular weight excluding hydrogens is 498 g/mol. The van der Waals surface area contributed by atoms with Gasteiger partial charge in [0.1, 0.15) is 17.2 Å². The van der Waals surface area contributed by atoms with Crippen LogP contribution in [0.1, 0.15) is 80.2 Å². The van der Waals surface area contributed by atoms with Gasteiger partial charge in [-0.25, -0.2) is 23.9 Å². The Kier molecular flexibility index (Phi) is 9.87. The fraction of sp³-hybridized carbons (Fsp3) is 0.400. The normalized spacial score (nSPS) is 12.0. The molecule has 3 rings (SSSR count). The molecule has 3 aromatic rings. The molecule has 39 heavy (non-hydrogen) atoms. The number of likely N-dealkylation sites (N-methyl/N-ethyl adjacent to an activating group) is 1. The van der Waals surface area contributed by atoms with Gasteiger partial charge in [-0.1, -0.05) is 44.0 Å². The van der Waals surface area contributed by atoms with E-state index in [1.54, 1.807) is 64.2 Å². The van der Waals surface area contributed by atoms with E-state index < -0.39 is 29.7 Å². The highest BCUT2D eigenvalue weighted by Crippen LogP contribution is 2.27. The Morgan fingerprint density at radius 3 is 2.28 bits per heavy atom. The van der Waals surface area contributed by atoms with Gasteiger partial charge < -0.3 is 19.5 Å². The minimum absolute atomic E-state index is 0.114. The van der Waals surface area contributed by atoms with E-state index >= 15 is 0 Å². The summed E-state index contributed by atoms with van der Waals surface area (Å²) in [5, 5.41) is 9.63. The van der Waals surface area contributed by atoms with Crippen molar-refractivity contribution < 1.29 is 29.0 Å². The molecule has 9 nitrogen and oxygen atoms in total. The first kappa shape index (κ1) is 29.4. The van der Waals surface area contributed by atoms with Crippen molar-refractivity contribution in [2.45, 2.75) is 64.9 Å². The molecule has 0 fully saturated rings. The summed E-state index contributed by atoms with van der Waals surface area (Å²) in [6.45, 7) is 7.60. The van der Waals surface area contributed by atoms with E-state index in [4.69, 9.17) is 9.47 Å². The zero-order valence-corrected chi connectivity index (χ0v) is 23.2. The average Bonchev–Trinajstić information content (AvgIpc) is 3.37. The van der Waals surface area contributed by atoms with E-state index in [0.29, 0.717) is 16.9 Å². The number of carbonyl (C=O) groups excluding carboxylic acids is 2. The Bertz CT molecular complexity index is 1260. The van der Waals surface area contributed by atoms with Crippen molar-refractivity contribution in [3.8, 4) is 5.75 Å². The van der Waals surface area contributed by atoms with E-state index in [2.05, 4.69) is 11.9 Å². The van der Waals surface area contributed by atoms with Crippen LogP contribution in [0.2, 0.25) is 0 Å². The van der Waals surface area contributed by atoms with Crippen molar-refractivity contribution in [2.24, 2.45) is 0 Å². The van der Waals surface area contributed by atoms with E-state index in [1.807, 2.05) is 12.1 Å². The number of amides is 1. The third kappa shape index (κ3) is 8.43. The Hall–Kier alpha value is -4.14. The van der Waals surface area contributed by atoms with E-state index in [-0.39, 0.29) is 12.4 Å². The quantitative estimate of drug-likeness (QED) is 0.183. The van der Waals surface area contributed by atoms with Gasteiger partial charge in [-0.3, -0.25) is 0 Å². The Morgan fingerprint density at radius 1 is 1.03 bits per heavy atom. The second-order valence-corrected chi connectivity index (χ2v) is 10.5. The number of aromatic nitrogens is 2. The summed E-state index contributed by atoms with van der Waals surface area (Å²) >= 11 is 0. The van der Waals surface area contributed by atoms with Crippen LogP contribution in [0.25, 0.3) is 0 Å². The first-order valence-corrected chi connectivity index (χ1v) is 13.1. The predicted molar refractivity (Wildman–Crippen MR) is 147 cm³/mol. The SMILES string of the molecule is CCCCCc1ccc(C(=O)Oc2ccc(C(CN(C)C(=O)OC(C)(C)C)c3nccn3C(=O)O)cc2)cc1. The zero-order chi connectivity index (χ0) is 28.6. The van der Waals surface area contributed by atoms with Gasteiger partial charge in [0.2, 0.25) is 0 Å². The number of aryl methyl sites for hydroxylation is 1. The molecule has 1 aromatic heterocycles. The Balaban J connectivity index is 1.77. The molecule has 0 aliphatic carbocycles. The van der Waals surface area contributed by atoms with Gasteiger partial charge in [-0.2, -0.15) is 0 Å². The Labute approximate surface area is 229 Å². The topological polar surface area (TPSA) is 111 Å². The van der Waals surface area contributed by atoms with Crippen LogP contribution in [0, 0.1) is 0 Å². The molecule has 0 aliphatic heterocycles. The molecule has 1 N–H and O–H groups in total. The molecule has 208 valence electrons. The molecule has 1 heterocycles. The van der Waals surface area contributed by atoms with Gasteiger partial charge in [-0.05, 0) is 69.0 Å². The summed E-state index contributed by atoms with van der Waals surface area (Å²) in [6.07, 6.45) is 5.46. The highest BCUT2D eigenvalue weighted by atomic mass is 16.6. The second-order valence-electron chi connectivity index (χ2n) is 10.5. The third-order valence-electron chi connectivity index (χ3n) is 6.10. The predicted octanol–water partition coefficient (Wildman–Crippen LogP) is 6.36. The van der Waals surface area contributed by atoms with Gasteiger partial charge in [0.25, 0.3) is 0 Å². The van der Waals surface area contributed by atoms with Crippen molar-refractivity contribution in [1.82, 2.24) is 14.5 Å². The molecule has 2 aromatic carbocycles. The van der Waals surface area contributed by atoms with Crippen molar-refractivity contribution in [1.29, 1.82) is 0 Å². The first-order valence-electron chi connectivity index (χ1n) is 13.1. The summed E-state index contributed by atoms with van der Waals surface area (Å²) in [5.41, 5.74) is 1.65. The number of benzene rings is 2. The number of rotatable bonds is 10. The van der Waals surface area contributed by atoms with Crippen LogP contribution in [-0.2, 0) is 11.2 Å². The number of ether oxygens (including phenoxy) is 2. The maximum atomic E-state index is 12.7. The van der Waals surface area contributed by atoms with Crippen molar-refractivity contribution in [2.75, 3.05) is 13.6 Å². The Morgan fingerprint density at radius 2 is 1.69 bits per heavy atom. The van der Waals surface area contributed by atoms with Crippen molar-refractivity contribution in [3.05, 3.63) is 83.4 Å². The molecule has 0 radical (unpaired) electrons.